The molecular weight excluding hydrogens is 238 g/mol. The molecule has 1 aliphatic heterocycles. The number of nitrogens with zero attached hydrogens (tertiary/aromatic N) is 2. The molecule has 0 radical (unpaired) electrons. The predicted octanol–water partition coefficient (Wildman–Crippen LogP) is -0.437. The molecule has 0 amide bonds. The second-order valence-corrected chi connectivity index (χ2v) is 7.13. The van der Waals surface area contributed by atoms with Crippen LogP contribution < -0.4 is 5.32 Å². The van der Waals surface area contributed by atoms with Crippen LogP contribution in [0.4, 0.5) is 0 Å². The van der Waals surface area contributed by atoms with Crippen molar-refractivity contribution in [2.75, 3.05) is 52.1 Å². The van der Waals surface area contributed by atoms with Crippen LogP contribution in [0.1, 0.15) is 12.8 Å². The van der Waals surface area contributed by atoms with Crippen molar-refractivity contribution in [3.8, 4) is 0 Å². The maximum atomic E-state index is 11.3. The molecule has 0 aromatic rings. The van der Waals surface area contributed by atoms with Crippen molar-refractivity contribution in [3.05, 3.63) is 0 Å². The molecule has 1 N–H and O–H groups in total. The van der Waals surface area contributed by atoms with Gasteiger partial charge in [0.25, 0.3) is 0 Å². The maximum absolute atomic E-state index is 11.3. The van der Waals surface area contributed by atoms with Gasteiger partial charge in [0.1, 0.15) is 0 Å². The minimum absolute atomic E-state index is 0.640. The predicted molar refractivity (Wildman–Crippen MR) is 68.5 cm³/mol. The zero-order chi connectivity index (χ0) is 12.3. The first kappa shape index (κ1) is 13.3. The molecule has 0 spiro atoms. The number of piperazine rings is 1. The van der Waals surface area contributed by atoms with Gasteiger partial charge in [-0.2, -0.15) is 4.31 Å². The normalized spacial score (nSPS) is 24.1. The molecule has 0 aromatic carbocycles. The summed E-state index contributed by atoms with van der Waals surface area (Å²) in [6.45, 7) is 6.21. The molecule has 5 nitrogen and oxygen atoms in total. The molecule has 1 aliphatic carbocycles. The molecule has 1 heterocycles. The van der Waals surface area contributed by atoms with E-state index in [2.05, 4.69) is 10.2 Å². The molecule has 0 bridgehead atoms. The highest BCUT2D eigenvalue weighted by atomic mass is 32.2. The highest BCUT2D eigenvalue weighted by Crippen LogP contribution is 2.27. The van der Waals surface area contributed by atoms with Gasteiger partial charge in [-0.3, -0.25) is 4.90 Å². The Hall–Kier alpha value is -0.170. The summed E-state index contributed by atoms with van der Waals surface area (Å²) < 4.78 is 24.2. The number of hydrogen-bond donors (Lipinski definition) is 1. The average Bonchev–Trinajstić information content (AvgIpc) is 3.08. The van der Waals surface area contributed by atoms with Crippen LogP contribution in [0.15, 0.2) is 0 Å². The third-order valence-electron chi connectivity index (χ3n) is 3.54. The van der Waals surface area contributed by atoms with E-state index in [-0.39, 0.29) is 0 Å². The SMILES string of the molecule is CS(=O)(=O)N1CCN(CCNCC2CC2)CC1. The Bertz CT molecular complexity index is 333. The lowest BCUT2D eigenvalue weighted by Crippen LogP contribution is -2.49. The Morgan fingerprint density at radius 3 is 2.35 bits per heavy atom. The monoisotopic (exact) mass is 261 g/mol. The lowest BCUT2D eigenvalue weighted by Gasteiger charge is -2.33. The van der Waals surface area contributed by atoms with Crippen molar-refractivity contribution in [2.45, 2.75) is 12.8 Å². The van der Waals surface area contributed by atoms with E-state index in [4.69, 9.17) is 0 Å². The summed E-state index contributed by atoms with van der Waals surface area (Å²) in [5.41, 5.74) is 0. The Balaban J connectivity index is 1.58. The van der Waals surface area contributed by atoms with Crippen LogP contribution in [0.25, 0.3) is 0 Å². The van der Waals surface area contributed by atoms with Crippen LogP contribution in [-0.4, -0.2) is 69.7 Å². The number of rotatable bonds is 6. The molecule has 6 heteroatoms. The van der Waals surface area contributed by atoms with Crippen molar-refractivity contribution in [2.24, 2.45) is 5.92 Å². The van der Waals surface area contributed by atoms with Gasteiger partial charge in [0, 0.05) is 39.3 Å². The van der Waals surface area contributed by atoms with Crippen molar-refractivity contribution >= 4 is 10.0 Å². The standard InChI is InChI=1S/C11H23N3O2S/c1-17(15,16)14-8-6-13(7-9-14)5-4-12-10-11-2-3-11/h11-12H,2-10H2,1H3. The van der Waals surface area contributed by atoms with Crippen LogP contribution in [0.3, 0.4) is 0 Å². The van der Waals surface area contributed by atoms with Gasteiger partial charge in [-0.1, -0.05) is 0 Å². The smallest absolute Gasteiger partial charge is 0.211 e. The van der Waals surface area contributed by atoms with E-state index < -0.39 is 10.0 Å². The zero-order valence-corrected chi connectivity index (χ0v) is 11.4. The summed E-state index contributed by atoms with van der Waals surface area (Å²) in [5.74, 6) is 0.928. The molecule has 100 valence electrons. The quantitative estimate of drug-likeness (QED) is 0.659. The van der Waals surface area contributed by atoms with Gasteiger partial charge >= 0.3 is 0 Å². The maximum Gasteiger partial charge on any atom is 0.211 e. The molecule has 1 saturated heterocycles. The largest absolute Gasteiger partial charge is 0.315 e. The summed E-state index contributed by atoms with van der Waals surface area (Å²) in [6, 6.07) is 0. The van der Waals surface area contributed by atoms with E-state index in [1.807, 2.05) is 0 Å². The topological polar surface area (TPSA) is 52.7 Å². The number of sulfonamides is 1. The lowest BCUT2D eigenvalue weighted by atomic mass is 10.3. The summed E-state index contributed by atoms with van der Waals surface area (Å²) in [4.78, 5) is 2.33. The van der Waals surface area contributed by atoms with Crippen LogP contribution in [-0.2, 0) is 10.0 Å². The molecule has 0 aromatic heterocycles. The molecule has 0 unspecified atom stereocenters. The van der Waals surface area contributed by atoms with Gasteiger partial charge in [0.15, 0.2) is 0 Å². The lowest BCUT2D eigenvalue weighted by molar-refractivity contribution is 0.189. The van der Waals surface area contributed by atoms with Crippen LogP contribution in [0.5, 0.6) is 0 Å². The fourth-order valence-corrected chi connectivity index (χ4v) is 2.98. The summed E-state index contributed by atoms with van der Waals surface area (Å²) in [7, 11) is -2.99. The van der Waals surface area contributed by atoms with E-state index in [0.29, 0.717) is 13.1 Å². The third kappa shape index (κ3) is 4.54. The highest BCUT2D eigenvalue weighted by molar-refractivity contribution is 7.88. The zero-order valence-electron chi connectivity index (χ0n) is 10.6. The van der Waals surface area contributed by atoms with E-state index in [0.717, 1.165) is 38.6 Å². The van der Waals surface area contributed by atoms with E-state index in [1.165, 1.54) is 19.1 Å². The Labute approximate surface area is 104 Å². The van der Waals surface area contributed by atoms with Gasteiger partial charge in [0.05, 0.1) is 6.26 Å². The fraction of sp³-hybridized carbons (Fsp3) is 1.00. The number of hydrogen-bond acceptors (Lipinski definition) is 4. The first-order valence-electron chi connectivity index (χ1n) is 6.44. The van der Waals surface area contributed by atoms with Gasteiger partial charge in [-0.25, -0.2) is 8.42 Å². The summed E-state index contributed by atoms with van der Waals surface area (Å²) in [6.07, 6.45) is 4.07. The minimum atomic E-state index is -2.99. The Morgan fingerprint density at radius 1 is 1.18 bits per heavy atom. The van der Waals surface area contributed by atoms with Gasteiger partial charge in [0.2, 0.25) is 10.0 Å². The first-order chi connectivity index (χ1) is 8.05. The first-order valence-corrected chi connectivity index (χ1v) is 8.29. The van der Waals surface area contributed by atoms with Crippen molar-refractivity contribution in [3.63, 3.8) is 0 Å². The highest BCUT2D eigenvalue weighted by Gasteiger charge is 2.23. The van der Waals surface area contributed by atoms with Crippen LogP contribution in [0.2, 0.25) is 0 Å². The van der Waals surface area contributed by atoms with Crippen molar-refractivity contribution in [1.82, 2.24) is 14.5 Å². The Morgan fingerprint density at radius 2 is 1.82 bits per heavy atom. The second-order valence-electron chi connectivity index (χ2n) is 5.15. The average molecular weight is 261 g/mol. The van der Waals surface area contributed by atoms with E-state index in [9.17, 15) is 8.42 Å². The van der Waals surface area contributed by atoms with Gasteiger partial charge < -0.3 is 5.32 Å². The van der Waals surface area contributed by atoms with Gasteiger partial charge in [-0.05, 0) is 25.3 Å². The minimum Gasteiger partial charge on any atom is -0.315 e. The van der Waals surface area contributed by atoms with Crippen LogP contribution >= 0.6 is 0 Å². The molecule has 2 rings (SSSR count). The van der Waals surface area contributed by atoms with E-state index in [1.54, 1.807) is 4.31 Å². The number of nitrogens with one attached hydrogen (secondary N) is 1. The van der Waals surface area contributed by atoms with Crippen molar-refractivity contribution in [1.29, 1.82) is 0 Å². The third-order valence-corrected chi connectivity index (χ3v) is 4.84. The van der Waals surface area contributed by atoms with E-state index >= 15 is 0 Å². The molecule has 17 heavy (non-hydrogen) atoms. The molecule has 2 fully saturated rings. The summed E-state index contributed by atoms with van der Waals surface area (Å²) in [5, 5.41) is 3.46. The van der Waals surface area contributed by atoms with Gasteiger partial charge in [-0.15, -0.1) is 0 Å². The molecule has 2 aliphatic rings. The fourth-order valence-electron chi connectivity index (χ4n) is 2.15. The molecular formula is C11H23N3O2S. The summed E-state index contributed by atoms with van der Waals surface area (Å²) >= 11 is 0. The molecule has 0 atom stereocenters. The second kappa shape index (κ2) is 5.65. The Kier molecular flexibility index (Phi) is 4.41. The van der Waals surface area contributed by atoms with Crippen LogP contribution in [0, 0.1) is 5.92 Å². The van der Waals surface area contributed by atoms with Crippen molar-refractivity contribution < 1.29 is 8.42 Å². The molecule has 1 saturated carbocycles.